The summed E-state index contributed by atoms with van der Waals surface area (Å²) >= 11 is 6.34. The highest BCUT2D eigenvalue weighted by atomic mass is 35.5. The number of halogens is 2. The number of pyridine rings is 2. The van der Waals surface area contributed by atoms with Crippen LogP contribution in [0.25, 0.3) is 5.57 Å². The number of carbonyl (C=O) groups excluding carboxylic acids is 1. The number of aromatic nitrogens is 2. The maximum atomic E-state index is 11.8. The highest BCUT2D eigenvalue weighted by Crippen LogP contribution is 2.38. The lowest BCUT2D eigenvalue weighted by molar-refractivity contribution is 0.0600. The van der Waals surface area contributed by atoms with Crippen molar-refractivity contribution in [3.63, 3.8) is 0 Å². The SMILES string of the molecule is COC(=O)c1cncc(CN2CCC(=C3c4ccc(Cl)cc4CCc4cccnc43)CC2)c1.Cl. The number of piperidine rings is 1. The second-order valence-electron chi connectivity index (χ2n) is 8.64. The molecule has 0 amide bonds. The van der Waals surface area contributed by atoms with E-state index in [0.717, 1.165) is 61.6 Å². The van der Waals surface area contributed by atoms with Crippen LogP contribution < -0.4 is 0 Å². The van der Waals surface area contributed by atoms with E-state index in [1.165, 1.54) is 34.9 Å². The maximum Gasteiger partial charge on any atom is 0.339 e. The molecular formula is C27H27Cl2N3O2. The minimum Gasteiger partial charge on any atom is -0.465 e. The summed E-state index contributed by atoms with van der Waals surface area (Å²) in [5, 5.41) is 0.787. The third-order valence-electron chi connectivity index (χ3n) is 6.56. The number of ether oxygens (including phenoxy) is 1. The van der Waals surface area contributed by atoms with Gasteiger partial charge in [-0.15, -0.1) is 12.4 Å². The zero-order chi connectivity index (χ0) is 22.8. The van der Waals surface area contributed by atoms with E-state index in [2.05, 4.69) is 28.1 Å². The second kappa shape index (κ2) is 10.7. The third-order valence-corrected chi connectivity index (χ3v) is 6.80. The Labute approximate surface area is 211 Å². The fraction of sp³-hybridized carbons (Fsp3) is 0.296. The average molecular weight is 496 g/mol. The Kier molecular flexibility index (Phi) is 7.67. The summed E-state index contributed by atoms with van der Waals surface area (Å²) in [5.41, 5.74) is 9.27. The molecule has 1 aliphatic heterocycles. The minimum absolute atomic E-state index is 0. The lowest BCUT2D eigenvalue weighted by Crippen LogP contribution is -2.30. The summed E-state index contributed by atoms with van der Waals surface area (Å²) in [7, 11) is 1.39. The van der Waals surface area contributed by atoms with Crippen LogP contribution >= 0.6 is 24.0 Å². The first-order valence-corrected chi connectivity index (χ1v) is 11.7. The monoisotopic (exact) mass is 495 g/mol. The van der Waals surface area contributed by atoms with Gasteiger partial charge in [0, 0.05) is 48.8 Å². The van der Waals surface area contributed by atoms with Crippen LogP contribution in [0.3, 0.4) is 0 Å². The summed E-state index contributed by atoms with van der Waals surface area (Å²) in [6.07, 6.45) is 9.19. The normalized spacial score (nSPS) is 15.6. The molecule has 0 atom stereocenters. The van der Waals surface area contributed by atoms with Crippen molar-refractivity contribution in [3.05, 3.63) is 99.1 Å². The number of aryl methyl sites for hydroxylation is 2. The second-order valence-corrected chi connectivity index (χ2v) is 9.08. The van der Waals surface area contributed by atoms with Crippen LogP contribution in [0.2, 0.25) is 5.02 Å². The summed E-state index contributed by atoms with van der Waals surface area (Å²) in [6, 6.07) is 12.4. The van der Waals surface area contributed by atoms with Crippen molar-refractivity contribution in [1.82, 2.24) is 14.9 Å². The molecule has 0 radical (unpaired) electrons. The first-order valence-electron chi connectivity index (χ1n) is 11.3. The Hall–Kier alpha value is -2.73. The van der Waals surface area contributed by atoms with Gasteiger partial charge < -0.3 is 4.74 Å². The van der Waals surface area contributed by atoms with Gasteiger partial charge in [0.1, 0.15) is 0 Å². The number of fused-ring (bicyclic) bond motifs is 2. The summed E-state index contributed by atoms with van der Waals surface area (Å²) in [6.45, 7) is 2.67. The predicted octanol–water partition coefficient (Wildman–Crippen LogP) is 5.53. The smallest absolute Gasteiger partial charge is 0.339 e. The van der Waals surface area contributed by atoms with E-state index in [9.17, 15) is 4.79 Å². The van der Waals surface area contributed by atoms with Crippen LogP contribution in [0, 0.1) is 0 Å². The number of carbonyl (C=O) groups is 1. The number of nitrogens with zero attached hydrogens (tertiary/aromatic N) is 3. The molecule has 3 aromatic rings. The van der Waals surface area contributed by atoms with Crippen molar-refractivity contribution in [1.29, 1.82) is 0 Å². The molecular weight excluding hydrogens is 469 g/mol. The molecule has 1 saturated heterocycles. The van der Waals surface area contributed by atoms with Crippen molar-refractivity contribution in [2.75, 3.05) is 20.2 Å². The van der Waals surface area contributed by atoms with E-state index in [1.807, 2.05) is 30.6 Å². The predicted molar refractivity (Wildman–Crippen MR) is 136 cm³/mol. The molecule has 1 fully saturated rings. The fourth-order valence-corrected chi connectivity index (χ4v) is 5.12. The van der Waals surface area contributed by atoms with Gasteiger partial charge in [0.05, 0.1) is 18.4 Å². The lowest BCUT2D eigenvalue weighted by atomic mass is 9.88. The van der Waals surface area contributed by atoms with Crippen LogP contribution in [0.1, 0.15) is 51.1 Å². The van der Waals surface area contributed by atoms with Gasteiger partial charge in [0.25, 0.3) is 0 Å². The quantitative estimate of drug-likeness (QED) is 0.446. The van der Waals surface area contributed by atoms with Gasteiger partial charge in [0.2, 0.25) is 0 Å². The molecule has 34 heavy (non-hydrogen) atoms. The highest BCUT2D eigenvalue weighted by Gasteiger charge is 2.25. The van der Waals surface area contributed by atoms with E-state index in [-0.39, 0.29) is 18.4 Å². The molecule has 5 rings (SSSR count). The molecule has 0 unspecified atom stereocenters. The number of likely N-dealkylation sites (tertiary alicyclic amines) is 1. The molecule has 1 aromatic carbocycles. The lowest BCUT2D eigenvalue weighted by Gasteiger charge is -2.30. The number of hydrogen-bond donors (Lipinski definition) is 0. The van der Waals surface area contributed by atoms with E-state index in [0.29, 0.717) is 5.56 Å². The number of esters is 1. The number of hydrogen-bond acceptors (Lipinski definition) is 5. The van der Waals surface area contributed by atoms with Gasteiger partial charge in [-0.2, -0.15) is 0 Å². The molecule has 0 N–H and O–H groups in total. The molecule has 0 bridgehead atoms. The zero-order valence-electron chi connectivity index (χ0n) is 19.1. The Morgan fingerprint density at radius 1 is 1.06 bits per heavy atom. The highest BCUT2D eigenvalue weighted by molar-refractivity contribution is 6.30. The van der Waals surface area contributed by atoms with Gasteiger partial charge in [-0.3, -0.25) is 14.9 Å². The molecule has 0 saturated carbocycles. The largest absolute Gasteiger partial charge is 0.465 e. The molecule has 3 heterocycles. The number of methoxy groups -OCH3 is 1. The Morgan fingerprint density at radius 3 is 2.65 bits per heavy atom. The summed E-state index contributed by atoms with van der Waals surface area (Å²) in [4.78, 5) is 23.3. The van der Waals surface area contributed by atoms with Gasteiger partial charge in [0.15, 0.2) is 0 Å². The molecule has 1 aliphatic carbocycles. The molecule has 0 spiro atoms. The van der Waals surface area contributed by atoms with Crippen molar-refractivity contribution >= 4 is 35.6 Å². The van der Waals surface area contributed by atoms with Crippen LogP contribution in [-0.2, 0) is 24.1 Å². The van der Waals surface area contributed by atoms with Crippen molar-refractivity contribution in [3.8, 4) is 0 Å². The zero-order valence-corrected chi connectivity index (χ0v) is 20.7. The Balaban J connectivity index is 0.00000274. The van der Waals surface area contributed by atoms with Gasteiger partial charge in [-0.25, -0.2) is 4.79 Å². The van der Waals surface area contributed by atoms with E-state index < -0.39 is 0 Å². The van der Waals surface area contributed by atoms with Crippen LogP contribution in [0.5, 0.6) is 0 Å². The number of rotatable bonds is 3. The van der Waals surface area contributed by atoms with Gasteiger partial charge in [-0.1, -0.05) is 29.3 Å². The first-order chi connectivity index (χ1) is 16.1. The molecule has 2 aliphatic rings. The van der Waals surface area contributed by atoms with Crippen molar-refractivity contribution in [2.24, 2.45) is 0 Å². The Morgan fingerprint density at radius 2 is 1.85 bits per heavy atom. The van der Waals surface area contributed by atoms with Gasteiger partial charge in [-0.05, 0) is 72.2 Å². The summed E-state index contributed by atoms with van der Waals surface area (Å²) < 4.78 is 4.82. The fourth-order valence-electron chi connectivity index (χ4n) is 4.93. The molecule has 176 valence electrons. The topological polar surface area (TPSA) is 55.3 Å². The van der Waals surface area contributed by atoms with Crippen LogP contribution in [0.15, 0.2) is 60.6 Å². The maximum absolute atomic E-state index is 11.8. The third kappa shape index (κ3) is 5.02. The molecule has 7 heteroatoms. The van der Waals surface area contributed by atoms with E-state index in [4.69, 9.17) is 21.3 Å². The minimum atomic E-state index is -0.353. The van der Waals surface area contributed by atoms with E-state index in [1.54, 1.807) is 6.20 Å². The molecule has 2 aromatic heterocycles. The van der Waals surface area contributed by atoms with Crippen molar-refractivity contribution < 1.29 is 9.53 Å². The van der Waals surface area contributed by atoms with Crippen LogP contribution in [-0.4, -0.2) is 41.0 Å². The van der Waals surface area contributed by atoms with Crippen molar-refractivity contribution in [2.45, 2.75) is 32.2 Å². The van der Waals surface area contributed by atoms with Gasteiger partial charge >= 0.3 is 5.97 Å². The summed E-state index contributed by atoms with van der Waals surface area (Å²) in [5.74, 6) is -0.353. The first kappa shape index (κ1) is 24.4. The van der Waals surface area contributed by atoms with E-state index >= 15 is 0 Å². The van der Waals surface area contributed by atoms with Crippen LogP contribution in [0.4, 0.5) is 0 Å². The molecule has 5 nitrogen and oxygen atoms in total. The average Bonchev–Trinajstić information content (AvgIpc) is 3.01. The number of benzene rings is 1. The standard InChI is InChI=1S/C27H26ClN3O2.ClH/c1-33-27(32)22-13-18(15-29-16-22)17-31-11-8-19(9-12-31)25-24-7-6-23(28)14-21(24)5-4-20-3-2-10-30-26(20)25;/h2-3,6-7,10,13-16H,4-5,8-9,11-12,17H2,1H3;1H. The Bertz CT molecular complexity index is 1230.